The molecule has 152 valence electrons. The quantitative estimate of drug-likeness (QED) is 0.512. The van der Waals surface area contributed by atoms with Crippen LogP contribution in [0.5, 0.6) is 5.88 Å². The maximum Gasteiger partial charge on any atom is 0.229 e. The molecule has 0 spiro atoms. The van der Waals surface area contributed by atoms with Crippen LogP contribution in [0, 0.1) is 11.6 Å². The van der Waals surface area contributed by atoms with Crippen molar-refractivity contribution in [3.63, 3.8) is 0 Å². The van der Waals surface area contributed by atoms with Crippen molar-refractivity contribution in [1.29, 1.82) is 0 Å². The van der Waals surface area contributed by atoms with Gasteiger partial charge in [0.2, 0.25) is 11.8 Å². The third-order valence-electron chi connectivity index (χ3n) is 5.34. The Balaban J connectivity index is 1.59. The van der Waals surface area contributed by atoms with Crippen LogP contribution in [0.25, 0.3) is 16.8 Å². The van der Waals surface area contributed by atoms with Gasteiger partial charge < -0.3 is 9.64 Å². The molecule has 7 nitrogen and oxygen atoms in total. The molecule has 4 heterocycles. The number of nitrogens with zero attached hydrogens (tertiary/aromatic N) is 6. The van der Waals surface area contributed by atoms with Crippen molar-refractivity contribution in [3.05, 3.63) is 66.3 Å². The summed E-state index contributed by atoms with van der Waals surface area (Å²) in [7, 11) is 1.56. The Labute approximate surface area is 171 Å². The van der Waals surface area contributed by atoms with Crippen LogP contribution in [0.4, 0.5) is 14.7 Å². The van der Waals surface area contributed by atoms with Crippen molar-refractivity contribution in [1.82, 2.24) is 24.6 Å². The molecule has 0 amide bonds. The second-order valence-corrected chi connectivity index (χ2v) is 7.06. The third-order valence-corrected chi connectivity index (χ3v) is 5.34. The number of aromatic nitrogens is 5. The van der Waals surface area contributed by atoms with E-state index in [9.17, 15) is 8.78 Å². The highest BCUT2D eigenvalue weighted by molar-refractivity contribution is 5.80. The fraction of sp³-hybridized carbons (Fsp3) is 0.238. The number of fused-ring (bicyclic) bond motifs is 1. The number of halogens is 2. The molecule has 1 aliphatic heterocycles. The molecule has 4 aromatic rings. The topological polar surface area (TPSA) is 68.4 Å². The molecule has 0 unspecified atom stereocenters. The normalized spacial score (nSPS) is 16.4. The molecule has 1 aromatic carbocycles. The van der Waals surface area contributed by atoms with Gasteiger partial charge in [0.25, 0.3) is 0 Å². The van der Waals surface area contributed by atoms with E-state index in [1.165, 1.54) is 6.07 Å². The molecule has 1 saturated heterocycles. The summed E-state index contributed by atoms with van der Waals surface area (Å²) < 4.78 is 35.1. The molecule has 9 heteroatoms. The lowest BCUT2D eigenvalue weighted by atomic mass is 10.0. The second-order valence-electron chi connectivity index (χ2n) is 7.06. The Morgan fingerprint density at radius 1 is 1.13 bits per heavy atom. The van der Waals surface area contributed by atoms with Crippen molar-refractivity contribution >= 4 is 11.6 Å². The molecule has 1 aliphatic rings. The highest BCUT2D eigenvalue weighted by atomic mass is 19.1. The average Bonchev–Trinajstić information content (AvgIpc) is 3.42. The first-order chi connectivity index (χ1) is 14.7. The third kappa shape index (κ3) is 3.02. The van der Waals surface area contributed by atoms with Gasteiger partial charge in [-0.3, -0.25) is 0 Å². The standard InChI is InChI=1S/C21H18F2N6O/c1-30-20-14(4-2-8-24-20)16-11-26-29-12-25-21(27-19(16)29)28-9-3-5-18(28)15-10-13(22)6-7-17(15)23/h2,4,6-8,10-12,18H,3,5,9H2,1H3/t18-/m1/s1. The summed E-state index contributed by atoms with van der Waals surface area (Å²) in [5, 5.41) is 4.32. The van der Waals surface area contributed by atoms with Gasteiger partial charge in [-0.15, -0.1) is 0 Å². The summed E-state index contributed by atoms with van der Waals surface area (Å²) in [6.45, 7) is 0.649. The van der Waals surface area contributed by atoms with Crippen LogP contribution in [-0.2, 0) is 0 Å². The minimum Gasteiger partial charge on any atom is -0.481 e. The summed E-state index contributed by atoms with van der Waals surface area (Å²) in [5.74, 6) is 0.0163. The lowest BCUT2D eigenvalue weighted by Crippen LogP contribution is -2.25. The number of hydrogen-bond donors (Lipinski definition) is 0. The van der Waals surface area contributed by atoms with Gasteiger partial charge in [0.1, 0.15) is 18.0 Å². The second kappa shape index (κ2) is 7.33. The van der Waals surface area contributed by atoms with E-state index in [1.807, 2.05) is 17.0 Å². The first kappa shape index (κ1) is 18.4. The molecule has 3 aromatic heterocycles. The number of rotatable bonds is 4. The molecule has 30 heavy (non-hydrogen) atoms. The number of hydrogen-bond acceptors (Lipinski definition) is 6. The molecule has 0 saturated carbocycles. The Kier molecular flexibility index (Phi) is 4.50. The van der Waals surface area contributed by atoms with Crippen LogP contribution in [0.2, 0.25) is 0 Å². The van der Waals surface area contributed by atoms with Crippen LogP contribution in [0.15, 0.2) is 49.1 Å². The van der Waals surface area contributed by atoms with Crippen molar-refractivity contribution in [2.75, 3.05) is 18.6 Å². The molecule has 5 rings (SSSR count). The molecule has 1 fully saturated rings. The van der Waals surface area contributed by atoms with E-state index in [0.29, 0.717) is 36.0 Å². The summed E-state index contributed by atoms with van der Waals surface area (Å²) in [6, 6.07) is 6.90. The highest BCUT2D eigenvalue weighted by Crippen LogP contribution is 2.37. The predicted octanol–water partition coefficient (Wildman–Crippen LogP) is 3.81. The van der Waals surface area contributed by atoms with Gasteiger partial charge in [0.15, 0.2) is 5.65 Å². The molecular weight excluding hydrogens is 390 g/mol. The van der Waals surface area contributed by atoms with Gasteiger partial charge in [-0.05, 0) is 43.2 Å². The number of methoxy groups -OCH3 is 1. The van der Waals surface area contributed by atoms with Gasteiger partial charge in [-0.2, -0.15) is 10.1 Å². The Morgan fingerprint density at radius 2 is 2.03 bits per heavy atom. The van der Waals surface area contributed by atoms with Gasteiger partial charge in [0.05, 0.1) is 24.9 Å². The van der Waals surface area contributed by atoms with E-state index in [1.54, 1.807) is 30.3 Å². The van der Waals surface area contributed by atoms with Crippen molar-refractivity contribution in [2.24, 2.45) is 0 Å². The van der Waals surface area contributed by atoms with Gasteiger partial charge >= 0.3 is 0 Å². The lowest BCUT2D eigenvalue weighted by Gasteiger charge is -2.25. The van der Waals surface area contributed by atoms with Crippen molar-refractivity contribution < 1.29 is 13.5 Å². The van der Waals surface area contributed by atoms with E-state index >= 15 is 0 Å². The molecular formula is C21H18F2N6O. The summed E-state index contributed by atoms with van der Waals surface area (Å²) in [5.41, 5.74) is 2.40. The lowest BCUT2D eigenvalue weighted by molar-refractivity contribution is 0.399. The van der Waals surface area contributed by atoms with Crippen LogP contribution in [0.3, 0.4) is 0 Å². The van der Waals surface area contributed by atoms with Crippen LogP contribution >= 0.6 is 0 Å². The minimum absolute atomic E-state index is 0.318. The zero-order chi connectivity index (χ0) is 20.7. The van der Waals surface area contributed by atoms with Crippen molar-refractivity contribution in [2.45, 2.75) is 18.9 Å². The first-order valence-electron chi connectivity index (χ1n) is 9.57. The Bertz CT molecular complexity index is 1230. The molecule has 0 bridgehead atoms. The molecule has 0 aliphatic carbocycles. The number of pyridine rings is 1. The van der Waals surface area contributed by atoms with E-state index < -0.39 is 11.6 Å². The fourth-order valence-electron chi connectivity index (χ4n) is 3.97. The van der Waals surface area contributed by atoms with Crippen LogP contribution in [0.1, 0.15) is 24.4 Å². The SMILES string of the molecule is COc1ncccc1-c1cnn2cnc(N3CCC[C@@H]3c3cc(F)ccc3F)nc12. The monoisotopic (exact) mass is 408 g/mol. The maximum absolute atomic E-state index is 14.4. The smallest absolute Gasteiger partial charge is 0.229 e. The zero-order valence-electron chi connectivity index (χ0n) is 16.2. The first-order valence-corrected chi connectivity index (χ1v) is 9.57. The number of anilines is 1. The van der Waals surface area contributed by atoms with Crippen LogP contribution < -0.4 is 9.64 Å². The van der Waals surface area contributed by atoms with Gasteiger partial charge in [-0.25, -0.2) is 23.3 Å². The van der Waals surface area contributed by atoms with E-state index in [2.05, 4.69) is 15.1 Å². The van der Waals surface area contributed by atoms with Gasteiger partial charge in [0, 0.05) is 23.9 Å². The number of ether oxygens (including phenoxy) is 1. The fourth-order valence-corrected chi connectivity index (χ4v) is 3.97. The van der Waals surface area contributed by atoms with Crippen molar-refractivity contribution in [3.8, 4) is 17.0 Å². The Hall–Kier alpha value is -3.62. The molecule has 1 atom stereocenters. The zero-order valence-corrected chi connectivity index (χ0v) is 16.2. The molecule has 0 N–H and O–H groups in total. The summed E-state index contributed by atoms with van der Waals surface area (Å²) >= 11 is 0. The van der Waals surface area contributed by atoms with Gasteiger partial charge in [-0.1, -0.05) is 0 Å². The van der Waals surface area contributed by atoms with E-state index in [4.69, 9.17) is 9.72 Å². The Morgan fingerprint density at radius 3 is 2.90 bits per heavy atom. The average molecular weight is 408 g/mol. The summed E-state index contributed by atoms with van der Waals surface area (Å²) in [4.78, 5) is 15.3. The van der Waals surface area contributed by atoms with E-state index in [0.717, 1.165) is 29.7 Å². The minimum atomic E-state index is -0.462. The maximum atomic E-state index is 14.4. The number of benzene rings is 1. The highest BCUT2D eigenvalue weighted by Gasteiger charge is 2.31. The summed E-state index contributed by atoms with van der Waals surface area (Å²) in [6.07, 6.45) is 6.42. The largest absolute Gasteiger partial charge is 0.481 e. The molecule has 0 radical (unpaired) electrons. The predicted molar refractivity (Wildman–Crippen MR) is 106 cm³/mol. The van der Waals surface area contributed by atoms with Crippen LogP contribution in [-0.4, -0.2) is 38.2 Å². The van der Waals surface area contributed by atoms with E-state index in [-0.39, 0.29) is 6.04 Å².